The number of hydrogen-bond donors (Lipinski definition) is 1. The van der Waals surface area contributed by atoms with Crippen molar-refractivity contribution in [3.8, 4) is 0 Å². The number of aryl methyl sites for hydroxylation is 2. The first-order valence-corrected chi connectivity index (χ1v) is 7.40. The molecule has 1 aliphatic rings. The van der Waals surface area contributed by atoms with E-state index in [0.29, 0.717) is 11.8 Å². The molecule has 1 aliphatic carbocycles. The van der Waals surface area contributed by atoms with Crippen molar-refractivity contribution < 1.29 is 4.79 Å². The number of alkyl halides is 1. The van der Waals surface area contributed by atoms with E-state index >= 15 is 0 Å². The predicted octanol–water partition coefficient (Wildman–Crippen LogP) is 3.50. The summed E-state index contributed by atoms with van der Waals surface area (Å²) in [5.41, 5.74) is 1.19. The number of hydrogen-bond acceptors (Lipinski definition) is 2. The second-order valence-corrected chi connectivity index (χ2v) is 6.34. The molecule has 2 atom stereocenters. The van der Waals surface area contributed by atoms with E-state index in [0.717, 1.165) is 17.7 Å². The van der Waals surface area contributed by atoms with Crippen molar-refractivity contribution >= 4 is 28.8 Å². The lowest BCUT2D eigenvalue weighted by molar-refractivity contribution is 0.0934. The maximum Gasteiger partial charge on any atom is 0.261 e. The topological polar surface area (TPSA) is 29.1 Å². The van der Waals surface area contributed by atoms with Gasteiger partial charge in [0.05, 0.1) is 4.88 Å². The number of nitrogens with one attached hydrogen (secondary N) is 1. The Morgan fingerprint density at radius 2 is 2.29 bits per heavy atom. The van der Waals surface area contributed by atoms with Gasteiger partial charge in [-0.25, -0.2) is 0 Å². The molecule has 2 unspecified atom stereocenters. The summed E-state index contributed by atoms with van der Waals surface area (Å²) in [5, 5.41) is 3.12. The van der Waals surface area contributed by atoms with Crippen molar-refractivity contribution in [2.75, 3.05) is 5.88 Å². The third-order valence-corrected chi connectivity index (χ3v) is 5.11. The monoisotopic (exact) mass is 271 g/mol. The van der Waals surface area contributed by atoms with Gasteiger partial charge in [-0.1, -0.05) is 6.42 Å². The van der Waals surface area contributed by atoms with Crippen LogP contribution < -0.4 is 5.32 Å². The molecule has 17 heavy (non-hydrogen) atoms. The molecular weight excluding hydrogens is 254 g/mol. The zero-order chi connectivity index (χ0) is 12.4. The van der Waals surface area contributed by atoms with E-state index in [4.69, 9.17) is 11.6 Å². The van der Waals surface area contributed by atoms with Gasteiger partial charge in [-0.2, -0.15) is 0 Å². The van der Waals surface area contributed by atoms with E-state index in [1.165, 1.54) is 16.9 Å². The van der Waals surface area contributed by atoms with E-state index in [1.807, 2.05) is 19.9 Å². The molecule has 4 heteroatoms. The molecule has 1 aromatic heterocycles. The third kappa shape index (κ3) is 2.83. The van der Waals surface area contributed by atoms with Crippen LogP contribution in [0.2, 0.25) is 0 Å². The number of thiophene rings is 1. The molecule has 1 fully saturated rings. The van der Waals surface area contributed by atoms with Crippen LogP contribution in [0.25, 0.3) is 0 Å². The summed E-state index contributed by atoms with van der Waals surface area (Å²) < 4.78 is 0. The Hall–Kier alpha value is -0.540. The van der Waals surface area contributed by atoms with Gasteiger partial charge in [-0.15, -0.1) is 22.9 Å². The third-order valence-electron chi connectivity index (χ3n) is 3.56. The second kappa shape index (κ2) is 5.40. The minimum atomic E-state index is 0.0632. The number of carbonyl (C=O) groups is 1. The first-order chi connectivity index (χ1) is 8.11. The van der Waals surface area contributed by atoms with Gasteiger partial charge in [0.2, 0.25) is 0 Å². The molecular formula is C13H18ClNOS. The molecule has 0 spiro atoms. The largest absolute Gasteiger partial charge is 0.348 e. The number of halogens is 1. The van der Waals surface area contributed by atoms with Crippen LogP contribution in [0.1, 0.15) is 39.4 Å². The molecule has 2 nitrogen and oxygen atoms in total. The number of rotatable bonds is 3. The summed E-state index contributed by atoms with van der Waals surface area (Å²) in [7, 11) is 0. The molecule has 94 valence electrons. The molecule has 2 rings (SSSR count). The van der Waals surface area contributed by atoms with Gasteiger partial charge in [0.15, 0.2) is 0 Å². The van der Waals surface area contributed by atoms with Crippen molar-refractivity contribution in [1.82, 2.24) is 5.32 Å². The van der Waals surface area contributed by atoms with Crippen LogP contribution in [0.5, 0.6) is 0 Å². The van der Waals surface area contributed by atoms with Gasteiger partial charge in [0.25, 0.3) is 5.91 Å². The van der Waals surface area contributed by atoms with Crippen LogP contribution in [0.3, 0.4) is 0 Å². The van der Waals surface area contributed by atoms with Gasteiger partial charge in [0, 0.05) is 16.8 Å². The van der Waals surface area contributed by atoms with Crippen molar-refractivity contribution in [2.24, 2.45) is 5.92 Å². The van der Waals surface area contributed by atoms with Gasteiger partial charge in [-0.05, 0) is 44.2 Å². The first-order valence-electron chi connectivity index (χ1n) is 6.05. The van der Waals surface area contributed by atoms with Crippen LogP contribution in [0.4, 0.5) is 0 Å². The Balaban J connectivity index is 2.01. The molecule has 0 bridgehead atoms. The molecule has 1 N–H and O–H groups in total. The van der Waals surface area contributed by atoms with Crippen molar-refractivity contribution in [3.05, 3.63) is 21.4 Å². The summed E-state index contributed by atoms with van der Waals surface area (Å²) >= 11 is 7.48. The van der Waals surface area contributed by atoms with Crippen LogP contribution in [-0.4, -0.2) is 17.8 Å². The summed E-state index contributed by atoms with van der Waals surface area (Å²) in [6.07, 6.45) is 3.37. The van der Waals surface area contributed by atoms with Gasteiger partial charge >= 0.3 is 0 Å². The fourth-order valence-electron chi connectivity index (χ4n) is 2.34. The van der Waals surface area contributed by atoms with E-state index < -0.39 is 0 Å². The Morgan fingerprint density at radius 3 is 2.88 bits per heavy atom. The van der Waals surface area contributed by atoms with E-state index in [9.17, 15) is 4.79 Å². The Kier molecular flexibility index (Phi) is 4.10. The van der Waals surface area contributed by atoms with Crippen LogP contribution in [0.15, 0.2) is 6.07 Å². The first kappa shape index (κ1) is 12.9. The highest BCUT2D eigenvalue weighted by atomic mass is 35.5. The van der Waals surface area contributed by atoms with E-state index in [-0.39, 0.29) is 11.9 Å². The molecule has 0 saturated heterocycles. The molecule has 1 heterocycles. The van der Waals surface area contributed by atoms with Crippen LogP contribution in [0, 0.1) is 19.8 Å². The molecule has 1 aromatic rings. The zero-order valence-corrected chi connectivity index (χ0v) is 11.8. The fourth-order valence-corrected chi connectivity index (χ4v) is 3.64. The minimum Gasteiger partial charge on any atom is -0.348 e. The SMILES string of the molecule is Cc1cc(C(=O)NC2CCCC2CCl)sc1C. The number of amides is 1. The molecule has 1 saturated carbocycles. The summed E-state index contributed by atoms with van der Waals surface area (Å²) in [4.78, 5) is 14.1. The lowest BCUT2D eigenvalue weighted by atomic mass is 10.1. The smallest absolute Gasteiger partial charge is 0.261 e. The molecule has 0 radical (unpaired) electrons. The van der Waals surface area contributed by atoms with Crippen molar-refractivity contribution in [1.29, 1.82) is 0 Å². The Bertz CT molecular complexity index is 396. The van der Waals surface area contributed by atoms with Crippen LogP contribution in [-0.2, 0) is 0 Å². The molecule has 1 amide bonds. The standard InChI is InChI=1S/C13H18ClNOS/c1-8-6-12(17-9(8)2)13(16)15-11-5-3-4-10(11)7-14/h6,10-11H,3-5,7H2,1-2H3,(H,15,16). The highest BCUT2D eigenvalue weighted by molar-refractivity contribution is 7.14. The highest BCUT2D eigenvalue weighted by Crippen LogP contribution is 2.27. The quantitative estimate of drug-likeness (QED) is 0.838. The van der Waals surface area contributed by atoms with Gasteiger partial charge in [-0.3, -0.25) is 4.79 Å². The van der Waals surface area contributed by atoms with E-state index in [1.54, 1.807) is 11.3 Å². The Morgan fingerprint density at radius 1 is 1.53 bits per heavy atom. The lowest BCUT2D eigenvalue weighted by Gasteiger charge is -2.18. The average Bonchev–Trinajstić information content (AvgIpc) is 2.86. The maximum absolute atomic E-state index is 12.1. The van der Waals surface area contributed by atoms with Crippen LogP contribution >= 0.6 is 22.9 Å². The summed E-state index contributed by atoms with van der Waals surface area (Å²) in [5.74, 6) is 1.16. The lowest BCUT2D eigenvalue weighted by Crippen LogP contribution is -2.37. The zero-order valence-electron chi connectivity index (χ0n) is 10.3. The molecule has 0 aliphatic heterocycles. The molecule has 0 aromatic carbocycles. The maximum atomic E-state index is 12.1. The summed E-state index contributed by atoms with van der Waals surface area (Å²) in [6, 6.07) is 2.24. The van der Waals surface area contributed by atoms with E-state index in [2.05, 4.69) is 5.32 Å². The fraction of sp³-hybridized carbons (Fsp3) is 0.615. The predicted molar refractivity (Wildman–Crippen MR) is 73.1 cm³/mol. The minimum absolute atomic E-state index is 0.0632. The Labute approximate surface area is 111 Å². The number of carbonyl (C=O) groups excluding carboxylic acids is 1. The van der Waals surface area contributed by atoms with Crippen molar-refractivity contribution in [2.45, 2.75) is 39.2 Å². The highest BCUT2D eigenvalue weighted by Gasteiger charge is 2.28. The van der Waals surface area contributed by atoms with Crippen molar-refractivity contribution in [3.63, 3.8) is 0 Å². The normalized spacial score (nSPS) is 23.9. The van der Waals surface area contributed by atoms with Gasteiger partial charge < -0.3 is 5.32 Å². The average molecular weight is 272 g/mol. The van der Waals surface area contributed by atoms with Gasteiger partial charge in [0.1, 0.15) is 0 Å². The summed E-state index contributed by atoms with van der Waals surface area (Å²) in [6.45, 7) is 4.09. The second-order valence-electron chi connectivity index (χ2n) is 4.78.